The normalized spacial score (nSPS) is 10.3. The van der Waals surface area contributed by atoms with Gasteiger partial charge in [0.05, 0.1) is 31.5 Å². The minimum atomic E-state index is -0.149. The lowest BCUT2D eigenvalue weighted by atomic mass is 10.2. The molecule has 0 aliphatic rings. The summed E-state index contributed by atoms with van der Waals surface area (Å²) in [6.45, 7) is 2.35. The summed E-state index contributed by atoms with van der Waals surface area (Å²) in [4.78, 5) is 12.2. The third-order valence-electron chi connectivity index (χ3n) is 3.69. The van der Waals surface area contributed by atoms with Crippen LogP contribution in [0.5, 0.6) is 17.2 Å². The summed E-state index contributed by atoms with van der Waals surface area (Å²) in [5.41, 5.74) is 1.47. The lowest BCUT2D eigenvalue weighted by molar-refractivity contribution is -0.116. The molecular weight excluding hydrogens is 377 g/mol. The maximum atomic E-state index is 12.2. The van der Waals surface area contributed by atoms with Gasteiger partial charge in [0.25, 0.3) is 0 Å². The SMILES string of the molecule is COc1cc(NC(=O)CCCOc2ccc(Cl)cc2C)c(OC)cc1Cl. The quantitative estimate of drug-likeness (QED) is 0.628. The highest BCUT2D eigenvalue weighted by Crippen LogP contribution is 2.35. The predicted octanol–water partition coefficient (Wildman–Crippen LogP) is 5.12. The molecular formula is C19H21Cl2NO4. The van der Waals surface area contributed by atoms with Crippen LogP contribution in [0, 0.1) is 6.92 Å². The molecule has 2 aromatic carbocycles. The number of rotatable bonds is 8. The number of amides is 1. The van der Waals surface area contributed by atoms with E-state index in [1.54, 1.807) is 18.2 Å². The molecule has 1 N–H and O–H groups in total. The van der Waals surface area contributed by atoms with Gasteiger partial charge in [0, 0.05) is 23.6 Å². The molecule has 2 rings (SSSR count). The van der Waals surface area contributed by atoms with Crippen LogP contribution in [0.15, 0.2) is 30.3 Å². The highest BCUT2D eigenvalue weighted by Gasteiger charge is 2.12. The molecule has 5 nitrogen and oxygen atoms in total. The number of hydrogen-bond acceptors (Lipinski definition) is 4. The monoisotopic (exact) mass is 397 g/mol. The summed E-state index contributed by atoms with van der Waals surface area (Å²) in [5, 5.41) is 3.88. The molecule has 2 aromatic rings. The van der Waals surface area contributed by atoms with Crippen molar-refractivity contribution in [2.75, 3.05) is 26.1 Å². The summed E-state index contributed by atoms with van der Waals surface area (Å²) >= 11 is 12.0. The molecule has 1 amide bonds. The average molecular weight is 398 g/mol. The van der Waals surface area contributed by atoms with E-state index in [2.05, 4.69) is 5.32 Å². The van der Waals surface area contributed by atoms with Crippen molar-refractivity contribution in [3.63, 3.8) is 0 Å². The van der Waals surface area contributed by atoms with Crippen molar-refractivity contribution in [1.82, 2.24) is 0 Å². The summed E-state index contributed by atoms with van der Waals surface area (Å²) in [7, 11) is 3.02. The van der Waals surface area contributed by atoms with Crippen molar-refractivity contribution in [3.8, 4) is 17.2 Å². The van der Waals surface area contributed by atoms with E-state index < -0.39 is 0 Å². The molecule has 0 radical (unpaired) electrons. The molecule has 0 saturated heterocycles. The highest BCUT2D eigenvalue weighted by molar-refractivity contribution is 6.32. The Morgan fingerprint density at radius 2 is 1.77 bits per heavy atom. The van der Waals surface area contributed by atoms with Crippen molar-refractivity contribution in [2.45, 2.75) is 19.8 Å². The van der Waals surface area contributed by atoms with E-state index >= 15 is 0 Å². The zero-order chi connectivity index (χ0) is 19.1. The van der Waals surface area contributed by atoms with Gasteiger partial charge >= 0.3 is 0 Å². The Bertz CT molecular complexity index is 780. The second-order valence-electron chi connectivity index (χ2n) is 5.60. The zero-order valence-corrected chi connectivity index (χ0v) is 16.4. The lowest BCUT2D eigenvalue weighted by Crippen LogP contribution is -2.13. The van der Waals surface area contributed by atoms with Gasteiger partial charge in [-0.15, -0.1) is 0 Å². The zero-order valence-electron chi connectivity index (χ0n) is 14.9. The largest absolute Gasteiger partial charge is 0.495 e. The van der Waals surface area contributed by atoms with Gasteiger partial charge in [-0.2, -0.15) is 0 Å². The van der Waals surface area contributed by atoms with Gasteiger partial charge in [0.1, 0.15) is 17.2 Å². The van der Waals surface area contributed by atoms with Crippen LogP contribution < -0.4 is 19.5 Å². The number of nitrogens with one attached hydrogen (secondary N) is 1. The molecule has 0 saturated carbocycles. The van der Waals surface area contributed by atoms with Crippen LogP contribution in [-0.4, -0.2) is 26.7 Å². The molecule has 0 spiro atoms. The first-order valence-electron chi connectivity index (χ1n) is 8.05. The first kappa shape index (κ1) is 20.2. The van der Waals surface area contributed by atoms with Crippen LogP contribution in [-0.2, 0) is 4.79 Å². The van der Waals surface area contributed by atoms with Gasteiger partial charge in [-0.05, 0) is 37.1 Å². The number of methoxy groups -OCH3 is 2. The van der Waals surface area contributed by atoms with E-state index in [-0.39, 0.29) is 5.91 Å². The molecule has 7 heteroatoms. The number of carbonyl (C=O) groups excluding carboxylic acids is 1. The Kier molecular flexibility index (Phi) is 7.42. The fourth-order valence-electron chi connectivity index (χ4n) is 2.36. The number of hydrogen-bond donors (Lipinski definition) is 1. The molecule has 0 unspecified atom stereocenters. The third kappa shape index (κ3) is 5.44. The topological polar surface area (TPSA) is 56.8 Å². The molecule has 0 aliphatic heterocycles. The number of carbonyl (C=O) groups is 1. The third-order valence-corrected chi connectivity index (χ3v) is 4.22. The van der Waals surface area contributed by atoms with Gasteiger partial charge in [-0.25, -0.2) is 0 Å². The summed E-state index contributed by atoms with van der Waals surface area (Å²) in [5.74, 6) is 1.55. The van der Waals surface area contributed by atoms with Crippen LogP contribution >= 0.6 is 23.2 Å². The Morgan fingerprint density at radius 1 is 1.04 bits per heavy atom. The summed E-state index contributed by atoms with van der Waals surface area (Å²) in [6, 6.07) is 8.66. The van der Waals surface area contributed by atoms with Gasteiger partial charge in [0.2, 0.25) is 5.91 Å². The van der Waals surface area contributed by atoms with Gasteiger partial charge in [-0.3, -0.25) is 4.79 Å². The minimum absolute atomic E-state index is 0.149. The second kappa shape index (κ2) is 9.55. The van der Waals surface area contributed by atoms with E-state index in [9.17, 15) is 4.79 Å². The molecule has 140 valence electrons. The maximum absolute atomic E-state index is 12.2. The molecule has 0 aliphatic carbocycles. The van der Waals surface area contributed by atoms with E-state index in [1.807, 2.05) is 19.1 Å². The smallest absolute Gasteiger partial charge is 0.224 e. The number of ether oxygens (including phenoxy) is 3. The fraction of sp³-hybridized carbons (Fsp3) is 0.316. The maximum Gasteiger partial charge on any atom is 0.224 e. The molecule has 26 heavy (non-hydrogen) atoms. The van der Waals surface area contributed by atoms with Gasteiger partial charge < -0.3 is 19.5 Å². The van der Waals surface area contributed by atoms with E-state index in [4.69, 9.17) is 37.4 Å². The number of benzene rings is 2. The number of halogens is 2. The Labute approximate surface area is 163 Å². The van der Waals surface area contributed by atoms with Crippen molar-refractivity contribution in [3.05, 3.63) is 45.9 Å². The van der Waals surface area contributed by atoms with Crippen molar-refractivity contribution in [1.29, 1.82) is 0 Å². The van der Waals surface area contributed by atoms with Crippen molar-refractivity contribution >= 4 is 34.8 Å². The van der Waals surface area contributed by atoms with Crippen LogP contribution in [0.2, 0.25) is 10.0 Å². The summed E-state index contributed by atoms with van der Waals surface area (Å²) < 4.78 is 16.1. The summed E-state index contributed by atoms with van der Waals surface area (Å²) in [6.07, 6.45) is 0.877. The van der Waals surface area contributed by atoms with E-state index in [1.165, 1.54) is 14.2 Å². The molecule has 0 heterocycles. The van der Waals surface area contributed by atoms with Crippen LogP contribution in [0.25, 0.3) is 0 Å². The molecule has 0 fully saturated rings. The van der Waals surface area contributed by atoms with Gasteiger partial charge in [-0.1, -0.05) is 23.2 Å². The lowest BCUT2D eigenvalue weighted by Gasteiger charge is -2.13. The van der Waals surface area contributed by atoms with Crippen LogP contribution in [0.1, 0.15) is 18.4 Å². The van der Waals surface area contributed by atoms with Crippen molar-refractivity contribution < 1.29 is 19.0 Å². The van der Waals surface area contributed by atoms with E-state index in [0.29, 0.717) is 46.7 Å². The molecule has 0 bridgehead atoms. The van der Waals surface area contributed by atoms with Crippen LogP contribution in [0.4, 0.5) is 5.69 Å². The van der Waals surface area contributed by atoms with Crippen LogP contribution in [0.3, 0.4) is 0 Å². The molecule has 0 atom stereocenters. The number of anilines is 1. The first-order chi connectivity index (χ1) is 12.4. The fourth-order valence-corrected chi connectivity index (χ4v) is 2.82. The Balaban J connectivity index is 1.87. The highest BCUT2D eigenvalue weighted by atomic mass is 35.5. The standard InChI is InChI=1S/C19H21Cl2NO4/c1-12-9-13(20)6-7-16(12)26-8-4-5-19(23)22-15-11-17(24-2)14(21)10-18(15)25-3/h6-7,9-11H,4-5,8H2,1-3H3,(H,22,23). The predicted molar refractivity (Wildman–Crippen MR) is 104 cm³/mol. The Morgan fingerprint density at radius 3 is 2.42 bits per heavy atom. The van der Waals surface area contributed by atoms with Crippen molar-refractivity contribution in [2.24, 2.45) is 0 Å². The molecule has 0 aromatic heterocycles. The average Bonchev–Trinajstić information content (AvgIpc) is 2.61. The Hall–Kier alpha value is -2.11. The minimum Gasteiger partial charge on any atom is -0.495 e. The first-order valence-corrected chi connectivity index (χ1v) is 8.80. The second-order valence-corrected chi connectivity index (χ2v) is 6.44. The van der Waals surface area contributed by atoms with Gasteiger partial charge in [0.15, 0.2) is 0 Å². The number of aryl methyl sites for hydroxylation is 1. The van der Waals surface area contributed by atoms with E-state index in [0.717, 1.165) is 11.3 Å².